The SMILES string of the molecule is CC1=C(CCN2CCN3CCCC3C2C2CCCCC2)C(C)(C)CCC1. The van der Waals surface area contributed by atoms with Crippen molar-refractivity contribution in [1.29, 1.82) is 0 Å². The van der Waals surface area contributed by atoms with E-state index in [2.05, 4.69) is 30.6 Å². The van der Waals surface area contributed by atoms with Crippen LogP contribution in [-0.4, -0.2) is 48.1 Å². The molecule has 1 saturated carbocycles. The fourth-order valence-corrected chi connectivity index (χ4v) is 7.00. The summed E-state index contributed by atoms with van der Waals surface area (Å²) in [5, 5.41) is 0. The normalized spacial score (nSPS) is 34.3. The van der Waals surface area contributed by atoms with Crippen LogP contribution in [0, 0.1) is 11.3 Å². The second kappa shape index (κ2) is 7.95. The lowest BCUT2D eigenvalue weighted by molar-refractivity contribution is 0.00117. The Balaban J connectivity index is 1.48. The highest BCUT2D eigenvalue weighted by atomic mass is 15.3. The third-order valence-electron chi connectivity index (χ3n) is 8.37. The lowest BCUT2D eigenvalue weighted by atomic mass is 9.71. The molecule has 2 aliphatic heterocycles. The van der Waals surface area contributed by atoms with Crippen molar-refractivity contribution in [2.24, 2.45) is 11.3 Å². The molecule has 2 saturated heterocycles. The van der Waals surface area contributed by atoms with Gasteiger partial charge in [0.2, 0.25) is 0 Å². The zero-order valence-corrected chi connectivity index (χ0v) is 17.7. The molecule has 2 heterocycles. The standard InChI is InChI=1S/C24H42N2/c1-19-9-7-14-24(2,3)21(19)13-16-26-18-17-25-15-8-12-22(25)23(26)20-10-5-4-6-11-20/h20,22-23H,4-18H2,1-3H3. The largest absolute Gasteiger partial charge is 0.298 e. The van der Waals surface area contributed by atoms with Crippen molar-refractivity contribution >= 4 is 0 Å². The van der Waals surface area contributed by atoms with E-state index in [-0.39, 0.29) is 0 Å². The van der Waals surface area contributed by atoms with Gasteiger partial charge >= 0.3 is 0 Å². The van der Waals surface area contributed by atoms with Crippen molar-refractivity contribution in [3.63, 3.8) is 0 Å². The van der Waals surface area contributed by atoms with Gasteiger partial charge < -0.3 is 0 Å². The fourth-order valence-electron chi connectivity index (χ4n) is 7.00. The predicted octanol–water partition coefficient (Wildman–Crippen LogP) is 5.63. The van der Waals surface area contributed by atoms with Crippen molar-refractivity contribution in [1.82, 2.24) is 9.80 Å². The van der Waals surface area contributed by atoms with Crippen molar-refractivity contribution in [3.8, 4) is 0 Å². The third kappa shape index (κ3) is 3.78. The number of rotatable bonds is 4. The molecule has 2 atom stereocenters. The van der Waals surface area contributed by atoms with Gasteiger partial charge in [0.25, 0.3) is 0 Å². The maximum Gasteiger partial charge on any atom is 0.0280 e. The van der Waals surface area contributed by atoms with Crippen LogP contribution in [0.25, 0.3) is 0 Å². The van der Waals surface area contributed by atoms with E-state index in [1.54, 1.807) is 11.1 Å². The molecule has 2 nitrogen and oxygen atoms in total. The molecule has 2 unspecified atom stereocenters. The molecule has 0 spiro atoms. The first-order valence-electron chi connectivity index (χ1n) is 11.7. The summed E-state index contributed by atoms with van der Waals surface area (Å²) in [5.74, 6) is 0.976. The molecule has 0 amide bonds. The molecule has 0 aromatic rings. The van der Waals surface area contributed by atoms with Gasteiger partial charge in [-0.15, -0.1) is 0 Å². The van der Waals surface area contributed by atoms with E-state index >= 15 is 0 Å². The van der Waals surface area contributed by atoms with Gasteiger partial charge in [0.1, 0.15) is 0 Å². The van der Waals surface area contributed by atoms with Crippen molar-refractivity contribution in [2.45, 2.75) is 103 Å². The molecule has 2 heteroatoms. The Morgan fingerprint density at radius 2 is 1.73 bits per heavy atom. The van der Waals surface area contributed by atoms with Gasteiger partial charge in [-0.3, -0.25) is 9.80 Å². The molecule has 0 aromatic carbocycles. The first kappa shape index (κ1) is 19.0. The minimum Gasteiger partial charge on any atom is -0.298 e. The second-order valence-corrected chi connectivity index (χ2v) is 10.4. The van der Waals surface area contributed by atoms with Crippen LogP contribution >= 0.6 is 0 Å². The van der Waals surface area contributed by atoms with Crippen molar-refractivity contribution in [3.05, 3.63) is 11.1 Å². The Hall–Kier alpha value is -0.340. The average Bonchev–Trinajstić information content (AvgIpc) is 3.10. The minimum absolute atomic E-state index is 0.442. The molecular weight excluding hydrogens is 316 g/mol. The fraction of sp³-hybridized carbons (Fsp3) is 0.917. The van der Waals surface area contributed by atoms with Gasteiger partial charge in [-0.1, -0.05) is 44.3 Å². The van der Waals surface area contributed by atoms with Gasteiger partial charge in [-0.25, -0.2) is 0 Å². The van der Waals surface area contributed by atoms with Gasteiger partial charge in [0, 0.05) is 31.7 Å². The van der Waals surface area contributed by atoms with Crippen LogP contribution in [0.3, 0.4) is 0 Å². The number of piperazine rings is 1. The van der Waals surface area contributed by atoms with Crippen LogP contribution in [0.5, 0.6) is 0 Å². The summed E-state index contributed by atoms with van der Waals surface area (Å²) in [6.07, 6.45) is 15.8. The maximum absolute atomic E-state index is 2.97. The van der Waals surface area contributed by atoms with E-state index in [0.717, 1.165) is 18.0 Å². The molecule has 0 aromatic heterocycles. The third-order valence-corrected chi connectivity index (χ3v) is 8.37. The summed E-state index contributed by atoms with van der Waals surface area (Å²) in [5.41, 5.74) is 3.97. The van der Waals surface area contributed by atoms with Crippen molar-refractivity contribution < 1.29 is 0 Å². The highest BCUT2D eigenvalue weighted by Gasteiger charge is 2.43. The van der Waals surface area contributed by atoms with Crippen LogP contribution in [0.1, 0.15) is 91.4 Å². The zero-order chi connectivity index (χ0) is 18.1. The molecule has 2 aliphatic carbocycles. The molecule has 4 aliphatic rings. The van der Waals surface area contributed by atoms with Crippen molar-refractivity contribution in [2.75, 3.05) is 26.2 Å². The highest BCUT2D eigenvalue weighted by Crippen LogP contribution is 2.43. The van der Waals surface area contributed by atoms with Crippen LogP contribution in [0.2, 0.25) is 0 Å². The first-order chi connectivity index (χ1) is 12.6. The number of allylic oxidation sites excluding steroid dienone is 1. The van der Waals surface area contributed by atoms with Crippen LogP contribution in [-0.2, 0) is 0 Å². The second-order valence-electron chi connectivity index (χ2n) is 10.4. The molecule has 0 radical (unpaired) electrons. The van der Waals surface area contributed by atoms with Gasteiger partial charge in [0.05, 0.1) is 0 Å². The maximum atomic E-state index is 2.97. The van der Waals surface area contributed by atoms with E-state index in [4.69, 9.17) is 0 Å². The van der Waals surface area contributed by atoms with E-state index in [9.17, 15) is 0 Å². The number of fused-ring (bicyclic) bond motifs is 1. The van der Waals surface area contributed by atoms with Gasteiger partial charge in [-0.2, -0.15) is 0 Å². The Morgan fingerprint density at radius 3 is 2.50 bits per heavy atom. The van der Waals surface area contributed by atoms with E-state index in [1.165, 1.54) is 96.8 Å². The van der Waals surface area contributed by atoms with Gasteiger partial charge in [-0.05, 0) is 76.2 Å². The Kier molecular flexibility index (Phi) is 5.81. The average molecular weight is 359 g/mol. The van der Waals surface area contributed by atoms with Crippen LogP contribution in [0.15, 0.2) is 11.1 Å². The highest BCUT2D eigenvalue weighted by molar-refractivity contribution is 5.22. The zero-order valence-electron chi connectivity index (χ0n) is 17.7. The lowest BCUT2D eigenvalue weighted by Gasteiger charge is -2.49. The summed E-state index contributed by atoms with van der Waals surface area (Å²) in [6, 6.07) is 1.74. The Morgan fingerprint density at radius 1 is 0.923 bits per heavy atom. The quantitative estimate of drug-likeness (QED) is 0.601. The molecular formula is C24H42N2. The predicted molar refractivity (Wildman–Crippen MR) is 111 cm³/mol. The summed E-state index contributed by atoms with van der Waals surface area (Å²) < 4.78 is 0. The Bertz CT molecular complexity index is 514. The molecule has 4 rings (SSSR count). The summed E-state index contributed by atoms with van der Waals surface area (Å²) >= 11 is 0. The molecule has 0 bridgehead atoms. The van der Waals surface area contributed by atoms with E-state index < -0.39 is 0 Å². The van der Waals surface area contributed by atoms with Crippen LogP contribution < -0.4 is 0 Å². The smallest absolute Gasteiger partial charge is 0.0280 e. The lowest BCUT2D eigenvalue weighted by Crippen LogP contribution is -2.60. The van der Waals surface area contributed by atoms with E-state index in [0.29, 0.717) is 5.41 Å². The Labute approximate surface area is 162 Å². The summed E-state index contributed by atoms with van der Waals surface area (Å²) in [4.78, 5) is 5.82. The number of hydrogen-bond donors (Lipinski definition) is 0. The number of nitrogens with zero attached hydrogens (tertiary/aromatic N) is 2. The minimum atomic E-state index is 0.442. The monoisotopic (exact) mass is 358 g/mol. The van der Waals surface area contributed by atoms with E-state index in [1.807, 2.05) is 0 Å². The molecule has 3 fully saturated rings. The summed E-state index contributed by atoms with van der Waals surface area (Å²) in [7, 11) is 0. The molecule has 0 N–H and O–H groups in total. The van der Waals surface area contributed by atoms with Gasteiger partial charge in [0.15, 0.2) is 0 Å². The van der Waals surface area contributed by atoms with Crippen LogP contribution in [0.4, 0.5) is 0 Å². The molecule has 26 heavy (non-hydrogen) atoms. The topological polar surface area (TPSA) is 6.48 Å². The molecule has 148 valence electrons. The first-order valence-corrected chi connectivity index (χ1v) is 11.7. The number of hydrogen-bond acceptors (Lipinski definition) is 2. The summed E-state index contributed by atoms with van der Waals surface area (Å²) in [6.45, 7) is 12.8.